The molecule has 0 saturated carbocycles. The number of benzene rings is 2. The van der Waals surface area contributed by atoms with Gasteiger partial charge in [-0.05, 0) is 36.2 Å². The Morgan fingerprint density at radius 2 is 1.95 bits per heavy atom. The number of ether oxygens (including phenoxy) is 1. The maximum Gasteiger partial charge on any atom is 0.387 e. The number of halogens is 4. The summed E-state index contributed by atoms with van der Waals surface area (Å²) in [7, 11) is 0. The van der Waals surface area contributed by atoms with Gasteiger partial charge in [-0.1, -0.05) is 23.7 Å². The van der Waals surface area contributed by atoms with Crippen molar-refractivity contribution in [2.24, 2.45) is 0 Å². The lowest BCUT2D eigenvalue weighted by molar-refractivity contribution is -0.0521. The molecule has 0 saturated heterocycles. The number of nitrogens with one attached hydrogen (secondary N) is 1. The average molecular weight is 316 g/mol. The van der Waals surface area contributed by atoms with E-state index in [1.54, 1.807) is 0 Å². The largest absolute Gasteiger partial charge is 0.432 e. The van der Waals surface area contributed by atoms with Gasteiger partial charge in [-0.15, -0.1) is 0 Å². The molecule has 2 aromatic rings. The van der Waals surface area contributed by atoms with Crippen LogP contribution >= 0.6 is 11.6 Å². The molecule has 2 aromatic carbocycles. The van der Waals surface area contributed by atoms with Crippen LogP contribution in [0.2, 0.25) is 5.02 Å². The number of hydrogen-bond acceptors (Lipinski definition) is 2. The number of anilines is 1. The topological polar surface area (TPSA) is 21.3 Å². The second-order valence-corrected chi connectivity index (χ2v) is 4.87. The Balaban J connectivity index is 2.03. The van der Waals surface area contributed by atoms with Gasteiger partial charge in [0.25, 0.3) is 0 Å². The zero-order valence-electron chi connectivity index (χ0n) is 11.2. The number of aryl methyl sites for hydroxylation is 1. The smallest absolute Gasteiger partial charge is 0.387 e. The predicted molar refractivity (Wildman–Crippen MR) is 76.5 cm³/mol. The van der Waals surface area contributed by atoms with E-state index in [0.29, 0.717) is 17.3 Å². The van der Waals surface area contributed by atoms with Gasteiger partial charge in [-0.2, -0.15) is 8.78 Å². The fourth-order valence-electron chi connectivity index (χ4n) is 1.75. The van der Waals surface area contributed by atoms with E-state index in [1.165, 1.54) is 6.07 Å². The van der Waals surface area contributed by atoms with E-state index in [9.17, 15) is 13.2 Å². The monoisotopic (exact) mass is 315 g/mol. The van der Waals surface area contributed by atoms with Crippen molar-refractivity contribution < 1.29 is 17.9 Å². The summed E-state index contributed by atoms with van der Waals surface area (Å²) in [5.74, 6) is -1.32. The van der Waals surface area contributed by atoms with Gasteiger partial charge >= 0.3 is 6.61 Å². The normalized spacial score (nSPS) is 10.8. The molecule has 0 unspecified atom stereocenters. The Labute approximate surface area is 125 Å². The third-order valence-electron chi connectivity index (χ3n) is 2.88. The Morgan fingerprint density at radius 3 is 2.57 bits per heavy atom. The van der Waals surface area contributed by atoms with Gasteiger partial charge in [-0.3, -0.25) is 0 Å². The Morgan fingerprint density at radius 1 is 1.19 bits per heavy atom. The van der Waals surface area contributed by atoms with E-state index in [2.05, 4.69) is 10.1 Å². The van der Waals surface area contributed by atoms with E-state index in [1.807, 2.05) is 25.1 Å². The van der Waals surface area contributed by atoms with Crippen molar-refractivity contribution in [3.63, 3.8) is 0 Å². The van der Waals surface area contributed by atoms with Gasteiger partial charge in [-0.25, -0.2) is 4.39 Å². The average Bonchev–Trinajstić information content (AvgIpc) is 2.42. The lowest BCUT2D eigenvalue weighted by Crippen LogP contribution is -2.05. The molecule has 1 N–H and O–H groups in total. The van der Waals surface area contributed by atoms with Crippen molar-refractivity contribution in [1.29, 1.82) is 0 Å². The minimum absolute atomic E-state index is 0.439. The van der Waals surface area contributed by atoms with Crippen molar-refractivity contribution >= 4 is 17.3 Å². The molecule has 2 nitrogen and oxygen atoms in total. The van der Waals surface area contributed by atoms with Crippen molar-refractivity contribution in [2.45, 2.75) is 20.1 Å². The summed E-state index contributed by atoms with van der Waals surface area (Å²) in [6.45, 7) is -0.710. The van der Waals surface area contributed by atoms with E-state index in [-0.39, 0.29) is 0 Å². The van der Waals surface area contributed by atoms with Gasteiger partial charge in [0.2, 0.25) is 0 Å². The van der Waals surface area contributed by atoms with Crippen LogP contribution in [0.3, 0.4) is 0 Å². The Hall–Kier alpha value is -1.88. The molecule has 0 bridgehead atoms. The standard InChI is InChI=1S/C15H13ClF3NO/c1-9-2-3-10(6-12(9)16)8-20-11-4-5-14(13(17)7-11)21-15(18)19/h2-7,15,20H,8H2,1H3. The third kappa shape index (κ3) is 4.29. The first-order valence-electron chi connectivity index (χ1n) is 6.19. The van der Waals surface area contributed by atoms with Crippen molar-refractivity contribution in [3.05, 3.63) is 58.4 Å². The van der Waals surface area contributed by atoms with Crippen LogP contribution in [-0.4, -0.2) is 6.61 Å². The zero-order valence-corrected chi connectivity index (χ0v) is 11.9. The van der Waals surface area contributed by atoms with Gasteiger partial charge < -0.3 is 10.1 Å². The first-order valence-corrected chi connectivity index (χ1v) is 6.57. The van der Waals surface area contributed by atoms with Crippen molar-refractivity contribution in [2.75, 3.05) is 5.32 Å². The molecular formula is C15H13ClF3NO. The molecule has 0 aromatic heterocycles. The van der Waals surface area contributed by atoms with Crippen LogP contribution in [0.4, 0.5) is 18.9 Å². The maximum absolute atomic E-state index is 13.5. The zero-order chi connectivity index (χ0) is 15.4. The van der Waals surface area contributed by atoms with Gasteiger partial charge in [0.05, 0.1) is 0 Å². The highest BCUT2D eigenvalue weighted by Crippen LogP contribution is 2.23. The molecule has 0 spiro atoms. The second kappa shape index (κ2) is 6.72. The molecule has 0 radical (unpaired) electrons. The highest BCUT2D eigenvalue weighted by molar-refractivity contribution is 6.31. The molecule has 0 heterocycles. The SMILES string of the molecule is Cc1ccc(CNc2ccc(OC(F)F)c(F)c2)cc1Cl. The second-order valence-electron chi connectivity index (χ2n) is 4.46. The first-order chi connectivity index (χ1) is 9.95. The molecule has 0 amide bonds. The molecule has 0 fully saturated rings. The van der Waals surface area contributed by atoms with Crippen LogP contribution in [0.5, 0.6) is 5.75 Å². The minimum Gasteiger partial charge on any atom is -0.432 e. The molecule has 0 atom stereocenters. The molecule has 6 heteroatoms. The van der Waals surface area contributed by atoms with Gasteiger partial charge in [0, 0.05) is 23.3 Å². The number of hydrogen-bond donors (Lipinski definition) is 1. The molecular weight excluding hydrogens is 303 g/mol. The summed E-state index contributed by atoms with van der Waals surface area (Å²) in [5.41, 5.74) is 2.37. The molecule has 2 rings (SSSR count). The Kier molecular flexibility index (Phi) is 4.96. The minimum atomic E-state index is -3.05. The van der Waals surface area contributed by atoms with Crippen molar-refractivity contribution in [1.82, 2.24) is 0 Å². The molecule has 21 heavy (non-hydrogen) atoms. The lowest BCUT2D eigenvalue weighted by Gasteiger charge is -2.10. The van der Waals surface area contributed by atoms with E-state index in [0.717, 1.165) is 23.3 Å². The maximum atomic E-state index is 13.5. The molecule has 0 aliphatic heterocycles. The summed E-state index contributed by atoms with van der Waals surface area (Å²) in [4.78, 5) is 0. The fraction of sp³-hybridized carbons (Fsp3) is 0.200. The summed E-state index contributed by atoms with van der Waals surface area (Å²) in [5, 5.41) is 3.64. The van der Waals surface area contributed by atoms with Crippen LogP contribution in [0.15, 0.2) is 36.4 Å². The number of rotatable bonds is 5. The van der Waals surface area contributed by atoms with Gasteiger partial charge in [0.1, 0.15) is 0 Å². The predicted octanol–water partition coefficient (Wildman–Crippen LogP) is 5.00. The first kappa shape index (κ1) is 15.5. The Bertz CT molecular complexity index is 634. The van der Waals surface area contributed by atoms with Crippen LogP contribution in [-0.2, 0) is 6.54 Å². The third-order valence-corrected chi connectivity index (χ3v) is 3.29. The number of alkyl halides is 2. The van der Waals surface area contributed by atoms with Crippen LogP contribution in [0, 0.1) is 12.7 Å². The van der Waals surface area contributed by atoms with Crippen LogP contribution in [0.25, 0.3) is 0 Å². The summed E-state index contributed by atoms with van der Waals surface area (Å²) in [6.07, 6.45) is 0. The van der Waals surface area contributed by atoms with Crippen LogP contribution in [0.1, 0.15) is 11.1 Å². The van der Waals surface area contributed by atoms with Crippen LogP contribution < -0.4 is 10.1 Å². The summed E-state index contributed by atoms with van der Waals surface area (Å²) < 4.78 is 41.6. The van der Waals surface area contributed by atoms with Crippen molar-refractivity contribution in [3.8, 4) is 5.75 Å². The molecule has 0 aliphatic carbocycles. The fourth-order valence-corrected chi connectivity index (χ4v) is 1.96. The highest BCUT2D eigenvalue weighted by atomic mass is 35.5. The van der Waals surface area contributed by atoms with E-state index < -0.39 is 18.2 Å². The summed E-state index contributed by atoms with van der Waals surface area (Å²) >= 11 is 6.01. The lowest BCUT2D eigenvalue weighted by atomic mass is 10.1. The quantitative estimate of drug-likeness (QED) is 0.838. The van der Waals surface area contributed by atoms with Gasteiger partial charge in [0.15, 0.2) is 11.6 Å². The van der Waals surface area contributed by atoms with E-state index >= 15 is 0 Å². The summed E-state index contributed by atoms with van der Waals surface area (Å²) in [6, 6.07) is 9.34. The molecule has 112 valence electrons. The molecule has 0 aliphatic rings. The van der Waals surface area contributed by atoms with E-state index in [4.69, 9.17) is 11.6 Å². The highest BCUT2D eigenvalue weighted by Gasteiger charge is 2.10.